The lowest BCUT2D eigenvalue weighted by atomic mass is 9.71. The molecule has 0 radical (unpaired) electrons. The average Bonchev–Trinajstić information content (AvgIpc) is 3.20. The highest BCUT2D eigenvalue weighted by Gasteiger charge is 2.44. The zero-order valence-electron chi connectivity index (χ0n) is 21.8. The molecule has 1 fully saturated rings. The molecule has 4 rings (SSSR count). The SMILES string of the molecule is C=Cc1[nH]c2cccc3c2c1C[C@@H]1[C@@H]3CC(C(=O)N(CCCN(C)C)C(=O)NCC)CN1CCC. The molecule has 1 aliphatic heterocycles. The van der Waals surface area contributed by atoms with E-state index < -0.39 is 0 Å². The summed E-state index contributed by atoms with van der Waals surface area (Å²) >= 11 is 0. The third kappa shape index (κ3) is 5.02. The van der Waals surface area contributed by atoms with E-state index in [-0.39, 0.29) is 23.8 Å². The monoisotopic (exact) mass is 479 g/mol. The number of imide groups is 1. The fourth-order valence-corrected chi connectivity index (χ4v) is 6.13. The van der Waals surface area contributed by atoms with Crippen LogP contribution in [-0.2, 0) is 11.2 Å². The molecule has 2 aliphatic rings. The van der Waals surface area contributed by atoms with Gasteiger partial charge in [-0.05, 0) is 83.1 Å². The molecule has 3 amide bonds. The number of amides is 3. The smallest absolute Gasteiger partial charge is 0.324 e. The van der Waals surface area contributed by atoms with Crippen molar-refractivity contribution in [1.82, 2.24) is 25.0 Å². The second-order valence-electron chi connectivity index (χ2n) is 10.3. The van der Waals surface area contributed by atoms with Gasteiger partial charge in [0.2, 0.25) is 5.91 Å². The maximum absolute atomic E-state index is 13.9. The molecule has 0 bridgehead atoms. The van der Waals surface area contributed by atoms with Gasteiger partial charge in [0.1, 0.15) is 0 Å². The highest BCUT2D eigenvalue weighted by molar-refractivity contribution is 5.96. The number of carbonyl (C=O) groups is 2. The molecule has 35 heavy (non-hydrogen) atoms. The van der Waals surface area contributed by atoms with Crippen LogP contribution in [-0.4, -0.2) is 84.5 Å². The van der Waals surface area contributed by atoms with E-state index in [0.29, 0.717) is 25.7 Å². The number of nitrogens with one attached hydrogen (secondary N) is 2. The molecule has 0 spiro atoms. The molecule has 2 N–H and O–H groups in total. The van der Waals surface area contributed by atoms with E-state index in [9.17, 15) is 9.59 Å². The Labute approximate surface area is 209 Å². The number of likely N-dealkylation sites (tertiary alicyclic amines) is 1. The summed E-state index contributed by atoms with van der Waals surface area (Å²) in [7, 11) is 4.03. The maximum Gasteiger partial charge on any atom is 0.324 e. The minimum Gasteiger partial charge on any atom is -0.355 e. The lowest BCUT2D eigenvalue weighted by Gasteiger charge is -2.47. The Morgan fingerprint density at radius 1 is 1.26 bits per heavy atom. The number of aromatic nitrogens is 1. The second kappa shape index (κ2) is 11.0. The molecule has 1 aromatic heterocycles. The summed E-state index contributed by atoms with van der Waals surface area (Å²) < 4.78 is 0. The number of aromatic amines is 1. The first-order chi connectivity index (χ1) is 16.9. The first-order valence-corrected chi connectivity index (χ1v) is 13.1. The third-order valence-corrected chi connectivity index (χ3v) is 7.62. The quantitative estimate of drug-likeness (QED) is 0.569. The molecule has 190 valence electrons. The fourth-order valence-electron chi connectivity index (χ4n) is 6.13. The van der Waals surface area contributed by atoms with Crippen LogP contribution in [0.3, 0.4) is 0 Å². The van der Waals surface area contributed by atoms with Gasteiger partial charge >= 0.3 is 6.03 Å². The number of nitrogens with zero attached hydrogens (tertiary/aromatic N) is 3. The van der Waals surface area contributed by atoms with Crippen molar-refractivity contribution in [2.45, 2.75) is 51.5 Å². The van der Waals surface area contributed by atoms with E-state index in [0.717, 1.165) is 50.0 Å². The number of hydrogen-bond donors (Lipinski definition) is 2. The van der Waals surface area contributed by atoms with Gasteiger partial charge in [-0.15, -0.1) is 0 Å². The Bertz CT molecular complexity index is 1070. The average molecular weight is 480 g/mol. The van der Waals surface area contributed by atoms with Crippen LogP contribution in [0.15, 0.2) is 24.8 Å². The lowest BCUT2D eigenvalue weighted by molar-refractivity contribution is -0.135. The summed E-state index contributed by atoms with van der Waals surface area (Å²) in [4.78, 5) is 36.4. The number of fused-ring (bicyclic) bond motifs is 2. The molecular formula is C28H41N5O2. The van der Waals surface area contributed by atoms with Gasteiger partial charge in [0, 0.05) is 48.2 Å². The van der Waals surface area contributed by atoms with Crippen molar-refractivity contribution < 1.29 is 9.59 Å². The number of benzene rings is 1. The molecule has 2 aromatic rings. The van der Waals surface area contributed by atoms with Gasteiger partial charge in [-0.3, -0.25) is 14.6 Å². The molecule has 7 heteroatoms. The number of H-pyrrole nitrogens is 1. The van der Waals surface area contributed by atoms with E-state index in [1.54, 1.807) is 0 Å². The Kier molecular flexibility index (Phi) is 7.97. The first kappa shape index (κ1) is 25.5. The van der Waals surface area contributed by atoms with Crippen LogP contribution in [0.5, 0.6) is 0 Å². The normalized spacial score (nSPS) is 21.7. The largest absolute Gasteiger partial charge is 0.355 e. The minimum atomic E-state index is -0.269. The standard InChI is InChI=1S/C28H41N5O2/c1-6-13-32-18-19(27(34)33(28(35)29-8-3)15-10-14-31(4)5)16-21-20-11-9-12-24-26(20)22(17-25(21)32)23(7-2)30-24/h7,9,11-12,19,21,25,30H,2,6,8,10,13-18H2,1,3-5H3,(H,29,35)/t19?,21-,25-/m1/s1. The second-order valence-corrected chi connectivity index (χ2v) is 10.3. The maximum atomic E-state index is 13.9. The van der Waals surface area contributed by atoms with Crippen LogP contribution in [0.1, 0.15) is 55.8 Å². The predicted octanol–water partition coefficient (Wildman–Crippen LogP) is 4.06. The number of hydrogen-bond acceptors (Lipinski definition) is 4. The van der Waals surface area contributed by atoms with Crippen LogP contribution < -0.4 is 5.32 Å². The molecule has 3 atom stereocenters. The van der Waals surface area contributed by atoms with Crippen molar-refractivity contribution >= 4 is 28.9 Å². The van der Waals surface area contributed by atoms with Gasteiger partial charge in [0.15, 0.2) is 0 Å². The Morgan fingerprint density at radius 2 is 2.06 bits per heavy atom. The summed E-state index contributed by atoms with van der Waals surface area (Å²) in [6.07, 6.45) is 5.47. The number of rotatable bonds is 9. The first-order valence-electron chi connectivity index (χ1n) is 13.1. The van der Waals surface area contributed by atoms with E-state index >= 15 is 0 Å². The number of piperidine rings is 1. The van der Waals surface area contributed by atoms with E-state index in [2.05, 4.69) is 51.8 Å². The fraction of sp³-hybridized carbons (Fsp3) is 0.571. The predicted molar refractivity (Wildman–Crippen MR) is 143 cm³/mol. The molecule has 7 nitrogen and oxygen atoms in total. The Hall–Kier alpha value is -2.64. The van der Waals surface area contributed by atoms with Crippen LogP contribution >= 0.6 is 0 Å². The molecule has 1 aromatic carbocycles. The van der Waals surface area contributed by atoms with Crippen LogP contribution in [0.4, 0.5) is 4.79 Å². The lowest BCUT2D eigenvalue weighted by Crippen LogP contribution is -2.55. The van der Waals surface area contributed by atoms with Crippen LogP contribution in [0.2, 0.25) is 0 Å². The third-order valence-electron chi connectivity index (χ3n) is 7.62. The van der Waals surface area contributed by atoms with E-state index in [1.165, 1.54) is 21.4 Å². The van der Waals surface area contributed by atoms with Gasteiger partial charge in [-0.25, -0.2) is 4.79 Å². The van der Waals surface area contributed by atoms with Crippen molar-refractivity contribution in [2.75, 3.05) is 46.8 Å². The molecule has 2 heterocycles. The molecular weight excluding hydrogens is 438 g/mol. The zero-order valence-corrected chi connectivity index (χ0v) is 21.8. The van der Waals surface area contributed by atoms with Crippen molar-refractivity contribution in [1.29, 1.82) is 0 Å². The van der Waals surface area contributed by atoms with Gasteiger partial charge in [0.05, 0.1) is 5.92 Å². The van der Waals surface area contributed by atoms with Gasteiger partial charge in [-0.2, -0.15) is 0 Å². The molecule has 1 aliphatic carbocycles. The van der Waals surface area contributed by atoms with Crippen molar-refractivity contribution in [2.24, 2.45) is 5.92 Å². The van der Waals surface area contributed by atoms with Crippen molar-refractivity contribution in [3.63, 3.8) is 0 Å². The van der Waals surface area contributed by atoms with Crippen LogP contribution in [0, 0.1) is 5.92 Å². The highest BCUT2D eigenvalue weighted by Crippen LogP contribution is 2.46. The summed E-state index contributed by atoms with van der Waals surface area (Å²) in [5.74, 6) is 0.0410. The van der Waals surface area contributed by atoms with Gasteiger partial charge < -0.3 is 15.2 Å². The van der Waals surface area contributed by atoms with Gasteiger partial charge in [0.25, 0.3) is 0 Å². The van der Waals surface area contributed by atoms with E-state index in [1.807, 2.05) is 27.1 Å². The summed E-state index contributed by atoms with van der Waals surface area (Å²) in [5, 5.41) is 4.17. The Morgan fingerprint density at radius 3 is 2.74 bits per heavy atom. The van der Waals surface area contributed by atoms with E-state index in [4.69, 9.17) is 0 Å². The Balaban J connectivity index is 1.65. The number of urea groups is 1. The zero-order chi connectivity index (χ0) is 25.1. The molecule has 1 saturated heterocycles. The summed E-state index contributed by atoms with van der Waals surface area (Å²) in [5.41, 5.74) is 4.94. The van der Waals surface area contributed by atoms with Crippen LogP contribution in [0.25, 0.3) is 17.0 Å². The summed E-state index contributed by atoms with van der Waals surface area (Å²) in [6.45, 7) is 11.6. The van der Waals surface area contributed by atoms with Crippen molar-refractivity contribution in [3.05, 3.63) is 41.6 Å². The molecule has 0 saturated carbocycles. The minimum absolute atomic E-state index is 0.0342. The van der Waals surface area contributed by atoms with Crippen molar-refractivity contribution in [3.8, 4) is 0 Å². The summed E-state index contributed by atoms with van der Waals surface area (Å²) in [6, 6.07) is 6.57. The highest BCUT2D eigenvalue weighted by atomic mass is 16.2. The number of carbonyl (C=O) groups excluding carboxylic acids is 2. The topological polar surface area (TPSA) is 71.7 Å². The van der Waals surface area contributed by atoms with Gasteiger partial charge in [-0.1, -0.05) is 25.6 Å². The molecule has 1 unspecified atom stereocenters.